The molecule has 3 heterocycles. The molecule has 0 spiro atoms. The molecule has 0 unspecified atom stereocenters. The predicted octanol–water partition coefficient (Wildman–Crippen LogP) is 6.85. The van der Waals surface area contributed by atoms with Crippen LogP contribution >= 0.6 is 0 Å². The molecule has 1 aromatic heterocycles. The largest absolute Gasteiger partial charge is 0.491 e. The summed E-state index contributed by atoms with van der Waals surface area (Å²) in [5.41, 5.74) is -4.17. The van der Waals surface area contributed by atoms with Crippen LogP contribution in [0.25, 0.3) is 10.8 Å². The van der Waals surface area contributed by atoms with Crippen LogP contribution in [-0.4, -0.2) is 84.2 Å². The third kappa shape index (κ3) is 9.47. The minimum Gasteiger partial charge on any atom is -0.491 e. The van der Waals surface area contributed by atoms with E-state index in [1.54, 1.807) is 13.1 Å². The molecule has 0 bridgehead atoms. The van der Waals surface area contributed by atoms with Crippen LogP contribution < -0.4 is 14.2 Å². The minimum atomic E-state index is -4.86. The monoisotopic (exact) mass is 833 g/mol. The number of ketones is 1. The van der Waals surface area contributed by atoms with Crippen LogP contribution in [0.2, 0.25) is 0 Å². The van der Waals surface area contributed by atoms with E-state index in [1.807, 2.05) is 50.3 Å². The first-order chi connectivity index (χ1) is 27.3. The Balaban J connectivity index is 1.35. The average molecular weight is 834 g/mol. The maximum absolute atomic E-state index is 14.8. The molecule has 4 aliphatic rings. The van der Waals surface area contributed by atoms with E-state index in [2.05, 4.69) is 9.71 Å². The zero-order valence-electron chi connectivity index (χ0n) is 33.7. The number of esters is 1. The number of nitrogens with one attached hydrogen (secondary N) is 1. The number of carbonyl (C=O) groups excluding carboxylic acids is 4. The van der Waals surface area contributed by atoms with Crippen molar-refractivity contribution in [2.75, 3.05) is 13.2 Å². The zero-order valence-corrected chi connectivity index (χ0v) is 34.5. The quantitative estimate of drug-likeness (QED) is 0.188. The topological polar surface area (TPSA) is 158 Å². The fraction of sp³-hybridized carbons (Fsp3) is 0.643. The number of alkyl halides is 3. The molecule has 16 heteroatoms. The third-order valence-corrected chi connectivity index (χ3v) is 13.9. The van der Waals surface area contributed by atoms with Crippen molar-refractivity contribution >= 4 is 44.4 Å². The fourth-order valence-electron chi connectivity index (χ4n) is 8.27. The third-order valence-electron chi connectivity index (χ3n) is 12.1. The maximum atomic E-state index is 14.8. The molecule has 1 saturated heterocycles. The Hall–Kier alpha value is -4.21. The molecule has 1 N–H and O–H groups in total. The molecule has 12 nitrogen and oxygen atoms in total. The van der Waals surface area contributed by atoms with Gasteiger partial charge in [0.2, 0.25) is 33.3 Å². The second kappa shape index (κ2) is 16.8. The first kappa shape index (κ1) is 43.4. The van der Waals surface area contributed by atoms with Gasteiger partial charge in [-0.15, -0.1) is 0 Å². The van der Waals surface area contributed by atoms with Crippen molar-refractivity contribution in [2.24, 2.45) is 29.1 Å². The molecule has 0 radical (unpaired) electrons. The number of ether oxygens (including phenoxy) is 3. The SMILES string of the molecule is CCCOc1cnc(O[C@@H]2C[C@H]3C(=O)C[C@]4(C(=O)NS(=O)(=O)C5CC5)C[C@H]4/C=C\CC[C@@H](C)C[C@@H](C)[C@H](CC(=O)OC(C)(C)C(F)(F)F)C(=O)N3C2)c2ccccc12. The minimum absolute atomic E-state index is 0.0176. The van der Waals surface area contributed by atoms with Gasteiger partial charge in [0.15, 0.2) is 5.78 Å². The molecular formula is C42H54F3N3O9S. The summed E-state index contributed by atoms with van der Waals surface area (Å²) in [5.74, 6) is -4.34. The first-order valence-electron chi connectivity index (χ1n) is 20.3. The molecule has 7 atom stereocenters. The van der Waals surface area contributed by atoms with Gasteiger partial charge in [0, 0.05) is 23.6 Å². The number of amides is 2. The number of fused-ring (bicyclic) bond motifs is 3. The molecule has 2 amide bonds. The molecule has 2 saturated carbocycles. The number of rotatable bonds is 11. The highest BCUT2D eigenvalue weighted by molar-refractivity contribution is 7.90. The molecule has 1 aromatic carbocycles. The van der Waals surface area contributed by atoms with Gasteiger partial charge in [0.25, 0.3) is 0 Å². The number of halogens is 3. The summed E-state index contributed by atoms with van der Waals surface area (Å²) in [6, 6.07) is 6.17. The van der Waals surface area contributed by atoms with Crippen LogP contribution in [0.4, 0.5) is 13.2 Å². The van der Waals surface area contributed by atoms with E-state index in [0.29, 0.717) is 49.8 Å². The van der Waals surface area contributed by atoms with Crippen LogP contribution in [0, 0.1) is 29.1 Å². The standard InChI is InChI=1S/C42H54F3N3O9S/c1-6-17-55-35-23-46-37(31-14-10-9-13-30(31)35)56-28-19-33-34(49)22-41(39(52)47-58(53,54)29-15-16-29)21-27(41)12-8-7-11-25(2)18-26(3)32(38(51)48(33)24-28)20-36(50)57-40(4,5)42(43,44)45/h8-10,12-14,23,25-29,32-33H,6-7,11,15-22,24H2,1-5H3,(H,47,52)/b12-8-/t25-,26-,27-,28-,32+,33+,41-/m1/s1. The summed E-state index contributed by atoms with van der Waals surface area (Å²) in [6.45, 7) is 7.56. The number of benzene rings is 1. The van der Waals surface area contributed by atoms with Crippen molar-refractivity contribution in [1.82, 2.24) is 14.6 Å². The molecule has 2 aliphatic carbocycles. The van der Waals surface area contributed by atoms with Crippen LogP contribution in [0.15, 0.2) is 42.6 Å². The predicted molar refractivity (Wildman–Crippen MR) is 208 cm³/mol. The lowest BCUT2D eigenvalue weighted by Crippen LogP contribution is -2.48. The summed E-state index contributed by atoms with van der Waals surface area (Å²) in [6.07, 6.45) is 2.24. The Morgan fingerprint density at radius 3 is 2.43 bits per heavy atom. The number of carbonyl (C=O) groups is 4. The highest BCUT2D eigenvalue weighted by Gasteiger charge is 2.62. The van der Waals surface area contributed by atoms with Gasteiger partial charge in [-0.3, -0.25) is 23.9 Å². The van der Waals surface area contributed by atoms with E-state index in [0.717, 1.165) is 25.7 Å². The number of Topliss-reactive ketones (excluding diaryl/α,β-unsaturated/α-hetero) is 1. The second-order valence-electron chi connectivity index (χ2n) is 17.2. The number of hydrogen-bond acceptors (Lipinski definition) is 10. The summed E-state index contributed by atoms with van der Waals surface area (Å²) in [4.78, 5) is 62.4. The normalized spacial score (nSPS) is 29.1. The Labute approximate surface area is 337 Å². The number of aromatic nitrogens is 1. The molecule has 3 fully saturated rings. The highest BCUT2D eigenvalue weighted by Crippen LogP contribution is 2.57. The van der Waals surface area contributed by atoms with Gasteiger partial charge in [0.05, 0.1) is 48.4 Å². The van der Waals surface area contributed by atoms with Crippen LogP contribution in [-0.2, 0) is 33.9 Å². The van der Waals surface area contributed by atoms with Crippen molar-refractivity contribution in [3.05, 3.63) is 42.6 Å². The lowest BCUT2D eigenvalue weighted by atomic mass is 9.82. The fourth-order valence-corrected chi connectivity index (χ4v) is 9.65. The lowest BCUT2D eigenvalue weighted by molar-refractivity contribution is -0.257. The summed E-state index contributed by atoms with van der Waals surface area (Å²) in [7, 11) is -3.93. The van der Waals surface area contributed by atoms with Crippen LogP contribution in [0.5, 0.6) is 11.6 Å². The second-order valence-corrected chi connectivity index (χ2v) is 19.2. The molecule has 2 aromatic rings. The summed E-state index contributed by atoms with van der Waals surface area (Å²) >= 11 is 0. The molecule has 318 valence electrons. The lowest BCUT2D eigenvalue weighted by Gasteiger charge is -2.33. The molecule has 2 aliphatic heterocycles. The van der Waals surface area contributed by atoms with Gasteiger partial charge >= 0.3 is 12.1 Å². The molecule has 6 rings (SSSR count). The Bertz CT molecular complexity index is 2040. The zero-order chi connectivity index (χ0) is 42.2. The van der Waals surface area contributed by atoms with E-state index in [4.69, 9.17) is 14.2 Å². The van der Waals surface area contributed by atoms with E-state index in [-0.39, 0.29) is 37.6 Å². The summed E-state index contributed by atoms with van der Waals surface area (Å²) < 4.78 is 86.7. The highest BCUT2D eigenvalue weighted by atomic mass is 32.2. The number of pyridine rings is 1. The van der Waals surface area contributed by atoms with Crippen LogP contribution in [0.1, 0.15) is 98.8 Å². The number of allylic oxidation sites excluding steroid dienone is 2. The molecule has 58 heavy (non-hydrogen) atoms. The average Bonchev–Trinajstić information content (AvgIpc) is 4.08. The van der Waals surface area contributed by atoms with Crippen molar-refractivity contribution in [2.45, 2.75) is 128 Å². The number of nitrogens with zero attached hydrogens (tertiary/aromatic N) is 2. The van der Waals surface area contributed by atoms with Gasteiger partial charge in [-0.1, -0.05) is 51.1 Å². The van der Waals surface area contributed by atoms with E-state index in [1.165, 1.54) is 4.90 Å². The smallest absolute Gasteiger partial charge is 0.427 e. The van der Waals surface area contributed by atoms with Gasteiger partial charge in [-0.2, -0.15) is 13.2 Å². The van der Waals surface area contributed by atoms with Gasteiger partial charge in [-0.25, -0.2) is 13.4 Å². The first-order valence-corrected chi connectivity index (χ1v) is 21.8. The van der Waals surface area contributed by atoms with E-state index < -0.39 is 92.4 Å². The summed E-state index contributed by atoms with van der Waals surface area (Å²) in [5, 5.41) is 0.713. The Morgan fingerprint density at radius 1 is 1.05 bits per heavy atom. The number of hydrogen-bond donors (Lipinski definition) is 1. The van der Waals surface area contributed by atoms with Crippen molar-refractivity contribution < 1.29 is 55.0 Å². The van der Waals surface area contributed by atoms with E-state index >= 15 is 0 Å². The molecular weight excluding hydrogens is 780 g/mol. The maximum Gasteiger partial charge on any atom is 0.427 e. The van der Waals surface area contributed by atoms with Gasteiger partial charge < -0.3 is 19.1 Å². The Morgan fingerprint density at radius 2 is 1.76 bits per heavy atom. The van der Waals surface area contributed by atoms with Crippen LogP contribution in [0.3, 0.4) is 0 Å². The Kier molecular flexibility index (Phi) is 12.6. The van der Waals surface area contributed by atoms with E-state index in [9.17, 15) is 40.8 Å². The van der Waals surface area contributed by atoms with Gasteiger partial charge in [-0.05, 0) is 82.6 Å². The van der Waals surface area contributed by atoms with Crippen molar-refractivity contribution in [3.63, 3.8) is 0 Å². The van der Waals surface area contributed by atoms with Gasteiger partial charge in [0.1, 0.15) is 11.9 Å². The van der Waals surface area contributed by atoms with Crippen molar-refractivity contribution in [3.8, 4) is 11.6 Å². The number of sulfonamides is 1. The van der Waals surface area contributed by atoms with Crippen molar-refractivity contribution in [1.29, 1.82) is 0 Å².